The van der Waals surface area contributed by atoms with Gasteiger partial charge in [0.2, 0.25) is 5.91 Å². The van der Waals surface area contributed by atoms with E-state index in [1.165, 1.54) is 0 Å². The highest BCUT2D eigenvalue weighted by atomic mass is 35.5. The zero-order valence-electron chi connectivity index (χ0n) is 10.7. The van der Waals surface area contributed by atoms with Gasteiger partial charge in [-0.2, -0.15) is 0 Å². The molecule has 1 aliphatic heterocycles. The van der Waals surface area contributed by atoms with Gasteiger partial charge >= 0.3 is 0 Å². The van der Waals surface area contributed by atoms with Gasteiger partial charge in [0.25, 0.3) is 0 Å². The van der Waals surface area contributed by atoms with Crippen LogP contribution in [0.4, 0.5) is 0 Å². The molecule has 1 heterocycles. The monoisotopic (exact) mass is 267 g/mol. The number of carbonyl (C=O) groups is 1. The summed E-state index contributed by atoms with van der Waals surface area (Å²) < 4.78 is 5.73. The van der Waals surface area contributed by atoms with Crippen molar-refractivity contribution in [2.24, 2.45) is 5.92 Å². The normalized spacial score (nSPS) is 15.9. The van der Waals surface area contributed by atoms with Gasteiger partial charge in [-0.15, -0.1) is 0 Å². The summed E-state index contributed by atoms with van der Waals surface area (Å²) >= 11 is 5.81. The van der Waals surface area contributed by atoms with Crippen molar-refractivity contribution in [2.75, 3.05) is 13.1 Å². The molecule has 1 aliphatic rings. The summed E-state index contributed by atoms with van der Waals surface area (Å²) in [4.78, 5) is 13.5. The molecule has 0 spiro atoms. The Kier molecular flexibility index (Phi) is 4.25. The van der Waals surface area contributed by atoms with E-state index in [9.17, 15) is 4.79 Å². The van der Waals surface area contributed by atoms with E-state index >= 15 is 0 Å². The molecule has 1 saturated heterocycles. The summed E-state index contributed by atoms with van der Waals surface area (Å²) in [5.74, 6) is 0.281. The lowest BCUT2D eigenvalue weighted by molar-refractivity contribution is -0.149. The number of likely N-dealkylation sites (tertiary alicyclic amines) is 1. The van der Waals surface area contributed by atoms with E-state index < -0.39 is 0 Å². The molecule has 1 aromatic rings. The number of hydrogen-bond donors (Lipinski definition) is 0. The van der Waals surface area contributed by atoms with Gasteiger partial charge < -0.3 is 9.64 Å². The van der Waals surface area contributed by atoms with E-state index in [-0.39, 0.29) is 17.9 Å². The minimum atomic E-state index is 0.0715. The van der Waals surface area contributed by atoms with Gasteiger partial charge in [0, 0.05) is 24.0 Å². The summed E-state index contributed by atoms with van der Waals surface area (Å²) in [5.41, 5.74) is 1.10. The van der Waals surface area contributed by atoms with Gasteiger partial charge in [-0.1, -0.05) is 37.6 Å². The molecule has 0 unspecified atom stereocenters. The molecular weight excluding hydrogens is 250 g/mol. The van der Waals surface area contributed by atoms with Crippen LogP contribution in [-0.2, 0) is 16.1 Å². The zero-order chi connectivity index (χ0) is 13.1. The average molecular weight is 268 g/mol. The highest BCUT2D eigenvalue weighted by Gasteiger charge is 2.32. The predicted molar refractivity (Wildman–Crippen MR) is 71.4 cm³/mol. The lowest BCUT2D eigenvalue weighted by Gasteiger charge is -2.39. The first-order chi connectivity index (χ1) is 8.56. The molecular formula is C14H18ClNO2. The Bertz CT molecular complexity index is 410. The summed E-state index contributed by atoms with van der Waals surface area (Å²) in [6.45, 7) is 5.84. The van der Waals surface area contributed by atoms with Crippen molar-refractivity contribution in [1.82, 2.24) is 4.90 Å². The van der Waals surface area contributed by atoms with Crippen LogP contribution in [0.3, 0.4) is 0 Å². The SMILES string of the molecule is CC(C)C(=O)N1CC(OCc2ccc(Cl)cc2)C1. The summed E-state index contributed by atoms with van der Waals surface area (Å²) in [6.07, 6.45) is 0.170. The topological polar surface area (TPSA) is 29.5 Å². The van der Waals surface area contributed by atoms with Crippen LogP contribution < -0.4 is 0 Å². The summed E-state index contributed by atoms with van der Waals surface area (Å²) in [5, 5.41) is 0.732. The Hall–Kier alpha value is -1.06. The van der Waals surface area contributed by atoms with E-state index in [1.807, 2.05) is 43.0 Å². The first-order valence-corrected chi connectivity index (χ1v) is 6.59. The highest BCUT2D eigenvalue weighted by Crippen LogP contribution is 2.17. The lowest BCUT2D eigenvalue weighted by atomic mass is 10.1. The fourth-order valence-corrected chi connectivity index (χ4v) is 2.01. The number of hydrogen-bond acceptors (Lipinski definition) is 2. The van der Waals surface area contributed by atoms with Crippen molar-refractivity contribution in [3.63, 3.8) is 0 Å². The van der Waals surface area contributed by atoms with E-state index in [0.717, 1.165) is 10.6 Å². The molecule has 3 nitrogen and oxygen atoms in total. The van der Waals surface area contributed by atoms with Crippen LogP contribution in [0.5, 0.6) is 0 Å². The number of amides is 1. The van der Waals surface area contributed by atoms with Crippen LogP contribution in [0.2, 0.25) is 5.02 Å². The van der Waals surface area contributed by atoms with Crippen molar-refractivity contribution < 1.29 is 9.53 Å². The number of benzene rings is 1. The van der Waals surface area contributed by atoms with E-state index in [2.05, 4.69) is 0 Å². The Morgan fingerprint density at radius 1 is 1.39 bits per heavy atom. The van der Waals surface area contributed by atoms with E-state index in [1.54, 1.807) is 0 Å². The average Bonchev–Trinajstić information content (AvgIpc) is 2.29. The van der Waals surface area contributed by atoms with Gasteiger partial charge in [0.05, 0.1) is 12.7 Å². The first-order valence-electron chi connectivity index (χ1n) is 6.21. The third kappa shape index (κ3) is 3.24. The van der Waals surface area contributed by atoms with Crippen molar-refractivity contribution in [3.8, 4) is 0 Å². The first kappa shape index (κ1) is 13.4. The third-order valence-electron chi connectivity index (χ3n) is 3.05. The fourth-order valence-electron chi connectivity index (χ4n) is 1.88. The molecule has 0 N–H and O–H groups in total. The standard InChI is InChI=1S/C14H18ClNO2/c1-10(2)14(17)16-7-13(8-16)18-9-11-3-5-12(15)6-4-11/h3-6,10,13H,7-9H2,1-2H3. The molecule has 4 heteroatoms. The molecule has 0 radical (unpaired) electrons. The van der Waals surface area contributed by atoms with Gasteiger partial charge in [0.1, 0.15) is 0 Å². The zero-order valence-corrected chi connectivity index (χ0v) is 11.5. The molecule has 2 rings (SSSR count). The quantitative estimate of drug-likeness (QED) is 0.840. The Balaban J connectivity index is 1.71. The molecule has 0 aliphatic carbocycles. The third-order valence-corrected chi connectivity index (χ3v) is 3.30. The van der Waals surface area contributed by atoms with Crippen molar-refractivity contribution in [2.45, 2.75) is 26.6 Å². The molecule has 0 bridgehead atoms. The molecule has 18 heavy (non-hydrogen) atoms. The minimum Gasteiger partial charge on any atom is -0.370 e. The van der Waals surface area contributed by atoms with Crippen LogP contribution in [0.25, 0.3) is 0 Å². The van der Waals surface area contributed by atoms with Gasteiger partial charge in [-0.3, -0.25) is 4.79 Å². The second-order valence-electron chi connectivity index (χ2n) is 4.96. The summed E-state index contributed by atoms with van der Waals surface area (Å²) in [7, 11) is 0. The van der Waals surface area contributed by atoms with Gasteiger partial charge in [-0.05, 0) is 17.7 Å². The molecule has 1 aromatic carbocycles. The molecule has 0 aromatic heterocycles. The Morgan fingerprint density at radius 3 is 2.56 bits per heavy atom. The molecule has 98 valence electrons. The van der Waals surface area contributed by atoms with Crippen molar-refractivity contribution >= 4 is 17.5 Å². The maximum absolute atomic E-state index is 11.6. The van der Waals surface area contributed by atoms with Crippen LogP contribution in [0, 0.1) is 5.92 Å². The van der Waals surface area contributed by atoms with Crippen molar-refractivity contribution in [1.29, 1.82) is 0 Å². The summed E-state index contributed by atoms with van der Waals surface area (Å²) in [6, 6.07) is 7.63. The minimum absolute atomic E-state index is 0.0715. The fraction of sp³-hybridized carbons (Fsp3) is 0.500. The van der Waals surface area contributed by atoms with E-state index in [0.29, 0.717) is 19.7 Å². The van der Waals surface area contributed by atoms with Gasteiger partial charge in [-0.25, -0.2) is 0 Å². The van der Waals surface area contributed by atoms with E-state index in [4.69, 9.17) is 16.3 Å². The van der Waals surface area contributed by atoms with Crippen LogP contribution in [0.15, 0.2) is 24.3 Å². The largest absolute Gasteiger partial charge is 0.370 e. The maximum atomic E-state index is 11.6. The number of nitrogens with zero attached hydrogens (tertiary/aromatic N) is 1. The smallest absolute Gasteiger partial charge is 0.225 e. The number of ether oxygens (including phenoxy) is 1. The molecule has 1 fully saturated rings. The van der Waals surface area contributed by atoms with Crippen molar-refractivity contribution in [3.05, 3.63) is 34.9 Å². The number of rotatable bonds is 4. The second-order valence-corrected chi connectivity index (χ2v) is 5.39. The second kappa shape index (κ2) is 5.72. The predicted octanol–water partition coefficient (Wildman–Crippen LogP) is 2.72. The highest BCUT2D eigenvalue weighted by molar-refractivity contribution is 6.30. The Morgan fingerprint density at radius 2 is 2.00 bits per heavy atom. The Labute approximate surface area is 113 Å². The number of halogens is 1. The lowest BCUT2D eigenvalue weighted by Crippen LogP contribution is -2.55. The van der Waals surface area contributed by atoms with Crippen LogP contribution in [-0.4, -0.2) is 30.0 Å². The van der Waals surface area contributed by atoms with Gasteiger partial charge in [0.15, 0.2) is 0 Å². The molecule has 1 amide bonds. The maximum Gasteiger partial charge on any atom is 0.225 e. The number of carbonyl (C=O) groups excluding carboxylic acids is 1. The van der Waals surface area contributed by atoms with Crippen LogP contribution in [0.1, 0.15) is 19.4 Å². The van der Waals surface area contributed by atoms with Crippen LogP contribution >= 0.6 is 11.6 Å². The molecule has 0 saturated carbocycles. The molecule has 0 atom stereocenters.